The molecule has 0 atom stereocenters. The van der Waals surface area contributed by atoms with E-state index in [2.05, 4.69) is 10.3 Å². The Balaban J connectivity index is 2.02. The Kier molecular flexibility index (Phi) is 4.31. The highest BCUT2D eigenvalue weighted by Crippen LogP contribution is 2.22. The molecule has 2 heterocycles. The zero-order chi connectivity index (χ0) is 14.5. The molecule has 2 N–H and O–H groups in total. The number of aliphatic carboxylic acids is 1. The van der Waals surface area contributed by atoms with Crippen LogP contribution in [0.1, 0.15) is 15.4 Å². The summed E-state index contributed by atoms with van der Waals surface area (Å²) in [4.78, 5) is 26.9. The molecule has 2 aromatic heterocycles. The number of aromatic nitrogens is 1. The van der Waals surface area contributed by atoms with Crippen molar-refractivity contribution in [1.29, 1.82) is 0 Å². The number of nitrogens with zero attached hydrogens (tertiary/aromatic N) is 1. The molecule has 0 bridgehead atoms. The third-order valence-electron chi connectivity index (χ3n) is 2.45. The van der Waals surface area contributed by atoms with Crippen LogP contribution in [0.25, 0.3) is 0 Å². The summed E-state index contributed by atoms with van der Waals surface area (Å²) in [6.07, 6.45) is 1.29. The maximum absolute atomic E-state index is 11.9. The second-order valence-corrected chi connectivity index (χ2v) is 4.82. The van der Waals surface area contributed by atoms with Crippen molar-refractivity contribution in [2.75, 3.05) is 12.4 Å². The van der Waals surface area contributed by atoms with Gasteiger partial charge in [-0.05, 0) is 12.1 Å². The predicted octanol–water partition coefficient (Wildman–Crippen LogP) is 2.03. The van der Waals surface area contributed by atoms with Crippen molar-refractivity contribution < 1.29 is 19.4 Å². The Morgan fingerprint density at radius 2 is 2.25 bits per heavy atom. The van der Waals surface area contributed by atoms with Crippen LogP contribution in [0.15, 0.2) is 29.8 Å². The lowest BCUT2D eigenvalue weighted by molar-refractivity contribution is -0.136. The quantitative estimate of drug-likeness (QED) is 0.880. The maximum Gasteiger partial charge on any atom is 0.309 e. The molecule has 0 aliphatic rings. The van der Waals surface area contributed by atoms with Crippen LogP contribution in [-0.2, 0) is 11.2 Å². The third-order valence-corrected chi connectivity index (χ3v) is 3.36. The summed E-state index contributed by atoms with van der Waals surface area (Å²) in [7, 11) is 1.54. The van der Waals surface area contributed by atoms with Crippen molar-refractivity contribution in [1.82, 2.24) is 4.98 Å². The highest BCUT2D eigenvalue weighted by molar-refractivity contribution is 7.12. The number of nitrogens with one attached hydrogen (secondary N) is 1. The largest absolute Gasteiger partial charge is 0.496 e. The minimum absolute atomic E-state index is 0.143. The first kappa shape index (κ1) is 14.0. The van der Waals surface area contributed by atoms with Crippen molar-refractivity contribution in [2.24, 2.45) is 0 Å². The van der Waals surface area contributed by atoms with Gasteiger partial charge in [0.1, 0.15) is 5.75 Å². The minimum atomic E-state index is -0.944. The lowest BCUT2D eigenvalue weighted by atomic mass is 10.2. The smallest absolute Gasteiger partial charge is 0.309 e. The number of carbonyl (C=O) groups excluding carboxylic acids is 1. The number of carbonyl (C=O) groups is 2. The van der Waals surface area contributed by atoms with Crippen molar-refractivity contribution in [3.63, 3.8) is 0 Å². The lowest BCUT2D eigenvalue weighted by Crippen LogP contribution is -2.10. The van der Waals surface area contributed by atoms with E-state index in [0.717, 1.165) is 0 Å². The van der Waals surface area contributed by atoms with E-state index < -0.39 is 5.97 Å². The molecule has 0 unspecified atom stereocenters. The van der Waals surface area contributed by atoms with Gasteiger partial charge in [0.2, 0.25) is 0 Å². The van der Waals surface area contributed by atoms with Crippen LogP contribution in [0.5, 0.6) is 5.75 Å². The molecule has 0 aliphatic carbocycles. The van der Waals surface area contributed by atoms with Crippen molar-refractivity contribution in [2.45, 2.75) is 6.42 Å². The van der Waals surface area contributed by atoms with Gasteiger partial charge in [-0.3, -0.25) is 14.6 Å². The zero-order valence-corrected chi connectivity index (χ0v) is 11.4. The lowest BCUT2D eigenvalue weighted by Gasteiger charge is -2.03. The number of carboxylic acid groups (broad SMARTS) is 1. The average Bonchev–Trinajstić information content (AvgIpc) is 2.89. The molecule has 104 valence electrons. The molecule has 0 saturated carbocycles. The molecule has 2 rings (SSSR count). The van der Waals surface area contributed by atoms with Crippen LogP contribution < -0.4 is 10.1 Å². The Hall–Kier alpha value is -2.41. The van der Waals surface area contributed by atoms with E-state index in [1.165, 1.54) is 24.6 Å². The van der Waals surface area contributed by atoms with Crippen LogP contribution in [0.3, 0.4) is 0 Å². The molecule has 1 amide bonds. The first-order valence-corrected chi connectivity index (χ1v) is 6.57. The van der Waals surface area contributed by atoms with E-state index in [0.29, 0.717) is 22.0 Å². The molecular formula is C13H12N2O4S. The van der Waals surface area contributed by atoms with Gasteiger partial charge in [0.15, 0.2) is 0 Å². The van der Waals surface area contributed by atoms with Crippen molar-refractivity contribution in [3.05, 3.63) is 40.3 Å². The number of hydrogen-bond acceptors (Lipinski definition) is 5. The van der Waals surface area contributed by atoms with Crippen LogP contribution in [0, 0.1) is 0 Å². The van der Waals surface area contributed by atoms with E-state index >= 15 is 0 Å². The molecule has 0 aliphatic heterocycles. The molecular weight excluding hydrogens is 280 g/mol. The molecule has 2 aromatic rings. The zero-order valence-electron chi connectivity index (χ0n) is 10.6. The molecule has 7 heteroatoms. The Morgan fingerprint density at radius 1 is 1.45 bits per heavy atom. The van der Waals surface area contributed by atoms with Gasteiger partial charge in [0.25, 0.3) is 5.91 Å². The van der Waals surface area contributed by atoms with Crippen LogP contribution >= 0.6 is 11.3 Å². The van der Waals surface area contributed by atoms with Gasteiger partial charge in [0, 0.05) is 11.4 Å². The summed E-state index contributed by atoms with van der Waals surface area (Å²) >= 11 is 1.28. The number of thiophene rings is 1. The average molecular weight is 292 g/mol. The molecule has 0 spiro atoms. The second kappa shape index (κ2) is 6.16. The summed E-state index contributed by atoms with van der Waals surface area (Å²) in [6.45, 7) is 0. The highest BCUT2D eigenvalue weighted by atomic mass is 32.1. The maximum atomic E-state index is 11.9. The topological polar surface area (TPSA) is 88.5 Å². The van der Waals surface area contributed by atoms with E-state index in [-0.39, 0.29) is 12.3 Å². The van der Waals surface area contributed by atoms with Gasteiger partial charge in [-0.1, -0.05) is 0 Å². The number of rotatable bonds is 5. The van der Waals surface area contributed by atoms with Gasteiger partial charge in [0.05, 0.1) is 36.0 Å². The normalized spacial score (nSPS) is 10.1. The summed E-state index contributed by atoms with van der Waals surface area (Å²) in [5.74, 6) is -0.568. The van der Waals surface area contributed by atoms with Crippen molar-refractivity contribution >= 4 is 28.9 Å². The van der Waals surface area contributed by atoms with Gasteiger partial charge in [-0.25, -0.2) is 0 Å². The molecule has 0 fully saturated rings. The number of ether oxygens (including phenoxy) is 1. The molecule has 6 nitrogen and oxygen atoms in total. The van der Waals surface area contributed by atoms with Gasteiger partial charge < -0.3 is 15.2 Å². The highest BCUT2D eigenvalue weighted by Gasteiger charge is 2.10. The first-order valence-electron chi connectivity index (χ1n) is 5.69. The summed E-state index contributed by atoms with van der Waals surface area (Å²) < 4.78 is 5.01. The first-order chi connectivity index (χ1) is 9.58. The third kappa shape index (κ3) is 3.55. The number of pyridine rings is 1. The minimum Gasteiger partial charge on any atom is -0.496 e. The second-order valence-electron chi connectivity index (χ2n) is 3.91. The number of methoxy groups -OCH3 is 1. The molecule has 0 saturated heterocycles. The Labute approximate surface area is 119 Å². The Morgan fingerprint density at radius 3 is 2.80 bits per heavy atom. The standard InChI is InChI=1S/C13H12N2O4S/c1-19-10-5-11(20-7-10)13(18)15-9-3-2-8(14-6-9)4-12(16)17/h2-3,5-7H,4H2,1H3,(H,15,18)(H,16,17). The monoisotopic (exact) mass is 292 g/mol. The number of carboxylic acids is 1. The SMILES string of the molecule is COc1csc(C(=O)Nc2ccc(CC(=O)O)nc2)c1. The number of hydrogen-bond donors (Lipinski definition) is 2. The fourth-order valence-corrected chi connectivity index (χ4v) is 2.25. The molecule has 0 aromatic carbocycles. The fourth-order valence-electron chi connectivity index (χ4n) is 1.50. The van der Waals surface area contributed by atoms with Crippen LogP contribution in [0.2, 0.25) is 0 Å². The Bertz CT molecular complexity index is 622. The fraction of sp³-hybridized carbons (Fsp3) is 0.154. The van der Waals surface area contributed by atoms with Crippen LogP contribution in [-0.4, -0.2) is 29.1 Å². The number of anilines is 1. The summed E-state index contributed by atoms with van der Waals surface area (Å²) in [5, 5.41) is 13.1. The predicted molar refractivity (Wildman–Crippen MR) is 74.4 cm³/mol. The van der Waals surface area contributed by atoms with E-state index in [4.69, 9.17) is 9.84 Å². The van der Waals surface area contributed by atoms with Gasteiger partial charge in [-0.15, -0.1) is 11.3 Å². The van der Waals surface area contributed by atoms with Gasteiger partial charge >= 0.3 is 5.97 Å². The molecule has 0 radical (unpaired) electrons. The summed E-state index contributed by atoms with van der Waals surface area (Å²) in [6, 6.07) is 4.83. The van der Waals surface area contributed by atoms with Gasteiger partial charge in [-0.2, -0.15) is 0 Å². The molecule has 20 heavy (non-hydrogen) atoms. The van der Waals surface area contributed by atoms with Crippen molar-refractivity contribution in [3.8, 4) is 5.75 Å². The van der Waals surface area contributed by atoms with E-state index in [1.807, 2.05) is 0 Å². The number of amides is 1. The van der Waals surface area contributed by atoms with E-state index in [9.17, 15) is 9.59 Å². The van der Waals surface area contributed by atoms with Crippen LogP contribution in [0.4, 0.5) is 5.69 Å². The summed E-state index contributed by atoms with van der Waals surface area (Å²) in [5.41, 5.74) is 0.949. The van der Waals surface area contributed by atoms with E-state index in [1.54, 1.807) is 23.6 Å².